The largest absolute Gasteiger partial charge is 0.484 e. The highest BCUT2D eigenvalue weighted by Crippen LogP contribution is 2.31. The number of rotatable bonds is 5. The van der Waals surface area contributed by atoms with E-state index in [-0.39, 0.29) is 18.8 Å². The van der Waals surface area contributed by atoms with Gasteiger partial charge in [0.05, 0.1) is 11.0 Å². The molecule has 0 spiro atoms. The Morgan fingerprint density at radius 3 is 2.65 bits per heavy atom. The van der Waals surface area contributed by atoms with Gasteiger partial charge in [-0.1, -0.05) is 0 Å². The summed E-state index contributed by atoms with van der Waals surface area (Å²) in [6.45, 7) is 1.97. The lowest BCUT2D eigenvalue weighted by atomic mass is 9.90. The Bertz CT molecular complexity index is 563. The molecule has 0 saturated heterocycles. The van der Waals surface area contributed by atoms with Crippen LogP contribution in [0.2, 0.25) is 0 Å². The van der Waals surface area contributed by atoms with Gasteiger partial charge in [0.1, 0.15) is 6.10 Å². The van der Waals surface area contributed by atoms with Crippen molar-refractivity contribution in [2.75, 3.05) is 6.61 Å². The number of nitro benzene ring substituents is 1. The molecular formula is C12H11F2NO5. The van der Waals surface area contributed by atoms with Gasteiger partial charge in [0, 0.05) is 19.1 Å². The van der Waals surface area contributed by atoms with E-state index in [1.54, 1.807) is 6.92 Å². The highest BCUT2D eigenvalue weighted by molar-refractivity contribution is 5.90. The number of ketones is 1. The number of carbonyl (C=O) groups is 1. The molecule has 2 rings (SSSR count). The van der Waals surface area contributed by atoms with Crippen LogP contribution in [-0.4, -0.2) is 29.5 Å². The minimum atomic E-state index is -1.20. The number of nitro groups is 1. The molecule has 0 N–H and O–H groups in total. The van der Waals surface area contributed by atoms with Crippen molar-refractivity contribution in [1.82, 2.24) is 0 Å². The summed E-state index contributed by atoms with van der Waals surface area (Å²) in [6, 6.07) is 1.04. The van der Waals surface area contributed by atoms with E-state index in [1.165, 1.54) is 0 Å². The first-order valence-electron chi connectivity index (χ1n) is 5.88. The molecule has 0 aromatic heterocycles. The third-order valence-corrected chi connectivity index (χ3v) is 2.88. The maximum Gasteiger partial charge on any atom is 0.307 e. The van der Waals surface area contributed by atoms with Gasteiger partial charge >= 0.3 is 5.69 Å². The second-order valence-electron chi connectivity index (χ2n) is 4.19. The Labute approximate surface area is 112 Å². The number of halogens is 2. The second kappa shape index (κ2) is 5.49. The molecule has 0 heterocycles. The summed E-state index contributed by atoms with van der Waals surface area (Å²) in [6.07, 6.45) is -1.49. The fraction of sp³-hybridized carbons (Fsp3) is 0.417. The maximum atomic E-state index is 13.6. The normalized spacial score (nSPS) is 21.4. The number of hydrogen-bond acceptors (Lipinski definition) is 5. The van der Waals surface area contributed by atoms with Crippen LogP contribution < -0.4 is 4.74 Å². The van der Waals surface area contributed by atoms with E-state index < -0.39 is 40.2 Å². The molecule has 2 atom stereocenters. The van der Waals surface area contributed by atoms with Crippen LogP contribution in [0.3, 0.4) is 0 Å². The first kappa shape index (κ1) is 14.3. The van der Waals surface area contributed by atoms with Crippen LogP contribution in [0.25, 0.3) is 0 Å². The van der Waals surface area contributed by atoms with Gasteiger partial charge < -0.3 is 9.47 Å². The number of ether oxygens (including phenoxy) is 2. The molecule has 2 unspecified atom stereocenters. The summed E-state index contributed by atoms with van der Waals surface area (Å²) in [4.78, 5) is 20.7. The zero-order chi connectivity index (χ0) is 14.9. The topological polar surface area (TPSA) is 78.7 Å². The zero-order valence-electron chi connectivity index (χ0n) is 10.5. The van der Waals surface area contributed by atoms with Crippen molar-refractivity contribution in [1.29, 1.82) is 0 Å². The van der Waals surface area contributed by atoms with Gasteiger partial charge in [-0.05, 0) is 6.92 Å². The maximum absolute atomic E-state index is 13.6. The molecule has 1 aromatic carbocycles. The minimum Gasteiger partial charge on any atom is -0.484 e. The predicted octanol–water partition coefficient (Wildman–Crippen LogP) is 2.00. The first-order chi connectivity index (χ1) is 9.43. The smallest absolute Gasteiger partial charge is 0.307 e. The standard InChI is InChI=1S/C12H11F2NO5/c1-2-19-12-9(16)5-11(12)20-10-4-6(13)8(15(17)18)3-7(10)14/h3-4,11-12H,2,5H2,1H3. The Kier molecular flexibility index (Phi) is 3.93. The average Bonchev–Trinajstić information content (AvgIpc) is 2.38. The second-order valence-corrected chi connectivity index (χ2v) is 4.19. The summed E-state index contributed by atoms with van der Waals surface area (Å²) in [5, 5.41) is 10.4. The average molecular weight is 287 g/mol. The fourth-order valence-corrected chi connectivity index (χ4v) is 1.86. The number of carbonyl (C=O) groups excluding carboxylic acids is 1. The lowest BCUT2D eigenvalue weighted by Crippen LogP contribution is -2.52. The monoisotopic (exact) mass is 287 g/mol. The first-order valence-corrected chi connectivity index (χ1v) is 5.88. The Hall–Kier alpha value is -2.09. The summed E-state index contributed by atoms with van der Waals surface area (Å²) >= 11 is 0. The molecule has 1 aromatic rings. The minimum absolute atomic E-state index is 0.0305. The molecule has 0 amide bonds. The third kappa shape index (κ3) is 2.60. The van der Waals surface area contributed by atoms with Gasteiger partial charge in [0.25, 0.3) is 0 Å². The molecule has 108 valence electrons. The summed E-state index contributed by atoms with van der Waals surface area (Å²) in [7, 11) is 0. The summed E-state index contributed by atoms with van der Waals surface area (Å²) in [5.41, 5.74) is -0.971. The van der Waals surface area contributed by atoms with Crippen LogP contribution in [0.1, 0.15) is 13.3 Å². The van der Waals surface area contributed by atoms with Crippen molar-refractivity contribution in [3.8, 4) is 5.75 Å². The van der Waals surface area contributed by atoms with E-state index in [2.05, 4.69) is 0 Å². The molecular weight excluding hydrogens is 276 g/mol. The van der Waals surface area contributed by atoms with E-state index in [0.29, 0.717) is 12.1 Å². The van der Waals surface area contributed by atoms with Crippen molar-refractivity contribution >= 4 is 11.5 Å². The van der Waals surface area contributed by atoms with Crippen LogP contribution in [0, 0.1) is 21.7 Å². The van der Waals surface area contributed by atoms with E-state index in [1.807, 2.05) is 0 Å². The van der Waals surface area contributed by atoms with Crippen LogP contribution in [0.5, 0.6) is 5.75 Å². The van der Waals surface area contributed by atoms with Crippen LogP contribution in [0.15, 0.2) is 12.1 Å². The van der Waals surface area contributed by atoms with Crippen molar-refractivity contribution < 1.29 is 28.0 Å². The zero-order valence-corrected chi connectivity index (χ0v) is 10.5. The SMILES string of the molecule is CCOC1C(=O)CC1Oc1cc(F)c([N+](=O)[O-])cc1F. The number of benzene rings is 1. The van der Waals surface area contributed by atoms with E-state index in [4.69, 9.17) is 9.47 Å². The highest BCUT2D eigenvalue weighted by Gasteiger charge is 2.43. The van der Waals surface area contributed by atoms with E-state index >= 15 is 0 Å². The third-order valence-electron chi connectivity index (χ3n) is 2.88. The Morgan fingerprint density at radius 2 is 2.10 bits per heavy atom. The lowest BCUT2D eigenvalue weighted by molar-refractivity contribution is -0.387. The number of Topliss-reactive ketones (excluding diaryl/α,β-unsaturated/α-hetero) is 1. The molecule has 1 saturated carbocycles. The van der Waals surface area contributed by atoms with Crippen molar-refractivity contribution in [3.63, 3.8) is 0 Å². The molecule has 1 aliphatic rings. The van der Waals surface area contributed by atoms with Crippen molar-refractivity contribution in [2.24, 2.45) is 0 Å². The molecule has 8 heteroatoms. The van der Waals surface area contributed by atoms with Crippen molar-refractivity contribution in [3.05, 3.63) is 33.9 Å². The molecule has 20 heavy (non-hydrogen) atoms. The van der Waals surface area contributed by atoms with E-state index in [0.717, 1.165) is 0 Å². The van der Waals surface area contributed by atoms with Crippen LogP contribution in [0.4, 0.5) is 14.5 Å². The highest BCUT2D eigenvalue weighted by atomic mass is 19.1. The Balaban J connectivity index is 2.16. The fourth-order valence-electron chi connectivity index (χ4n) is 1.86. The molecule has 0 radical (unpaired) electrons. The summed E-state index contributed by atoms with van der Waals surface area (Å²) in [5.74, 6) is -2.92. The van der Waals surface area contributed by atoms with E-state index in [9.17, 15) is 23.7 Å². The molecule has 6 nitrogen and oxygen atoms in total. The summed E-state index contributed by atoms with van der Waals surface area (Å²) < 4.78 is 37.2. The lowest BCUT2D eigenvalue weighted by Gasteiger charge is -2.34. The van der Waals surface area contributed by atoms with Crippen LogP contribution in [-0.2, 0) is 9.53 Å². The van der Waals surface area contributed by atoms with Gasteiger partial charge in [-0.15, -0.1) is 0 Å². The molecule has 1 fully saturated rings. The van der Waals surface area contributed by atoms with Gasteiger partial charge in [-0.2, -0.15) is 4.39 Å². The van der Waals surface area contributed by atoms with Gasteiger partial charge in [0.2, 0.25) is 5.82 Å². The molecule has 0 aliphatic heterocycles. The van der Waals surface area contributed by atoms with Gasteiger partial charge in [-0.3, -0.25) is 14.9 Å². The van der Waals surface area contributed by atoms with Gasteiger partial charge in [-0.25, -0.2) is 4.39 Å². The predicted molar refractivity (Wildman–Crippen MR) is 62.5 cm³/mol. The number of nitrogens with zero attached hydrogens (tertiary/aromatic N) is 1. The Morgan fingerprint density at radius 1 is 1.40 bits per heavy atom. The van der Waals surface area contributed by atoms with Crippen LogP contribution >= 0.6 is 0 Å². The van der Waals surface area contributed by atoms with Gasteiger partial charge in [0.15, 0.2) is 23.5 Å². The van der Waals surface area contributed by atoms with Crippen molar-refractivity contribution in [2.45, 2.75) is 25.6 Å². The molecule has 1 aliphatic carbocycles. The molecule has 0 bridgehead atoms. The number of hydrogen-bond donors (Lipinski definition) is 0. The quantitative estimate of drug-likeness (QED) is 0.611.